The number of ether oxygens (including phenoxy) is 2. The molecule has 2 aromatic carbocycles. The summed E-state index contributed by atoms with van der Waals surface area (Å²) in [7, 11) is 1.55. The molecule has 0 spiro atoms. The van der Waals surface area contributed by atoms with Crippen molar-refractivity contribution in [2.45, 2.75) is 19.6 Å². The minimum Gasteiger partial charge on any atom is -0.495 e. The number of hydrogen-bond donors (Lipinski definition) is 1. The molecule has 0 aliphatic rings. The molecule has 0 fully saturated rings. The normalized spacial score (nSPS) is 11.5. The Bertz CT molecular complexity index is 660. The second-order valence-electron chi connectivity index (χ2n) is 4.76. The Balaban J connectivity index is 2.16. The summed E-state index contributed by atoms with van der Waals surface area (Å²) in [5.74, 6) is 1.33. The Hall–Kier alpha value is -2.51. The molecule has 2 aromatic rings. The predicted octanol–water partition coefficient (Wildman–Crippen LogP) is 3.17. The fraction of sp³-hybridized carbons (Fsp3) is 0.235. The molecule has 0 aliphatic heterocycles. The van der Waals surface area contributed by atoms with Gasteiger partial charge in [-0.15, -0.1) is 0 Å². The molecule has 2 rings (SSSR count). The number of methoxy groups -OCH3 is 1. The molecule has 0 saturated carbocycles. The van der Waals surface area contributed by atoms with Crippen molar-refractivity contribution in [3.05, 3.63) is 59.2 Å². The lowest BCUT2D eigenvalue weighted by Gasteiger charge is -2.14. The minimum atomic E-state index is -0.0864. The number of benzene rings is 2. The van der Waals surface area contributed by atoms with Crippen LogP contribution in [0, 0.1) is 11.3 Å². The number of nitrogens with two attached hydrogens (primary N) is 1. The van der Waals surface area contributed by atoms with E-state index < -0.39 is 0 Å². The third-order valence-electron chi connectivity index (χ3n) is 3.19. The van der Waals surface area contributed by atoms with Crippen molar-refractivity contribution in [2.24, 2.45) is 5.73 Å². The van der Waals surface area contributed by atoms with Crippen LogP contribution in [0.4, 0.5) is 0 Å². The van der Waals surface area contributed by atoms with Gasteiger partial charge in [-0.1, -0.05) is 24.3 Å². The van der Waals surface area contributed by atoms with Gasteiger partial charge in [-0.25, -0.2) is 0 Å². The molecular weight excluding hydrogens is 264 g/mol. The first-order chi connectivity index (χ1) is 10.2. The lowest BCUT2D eigenvalue weighted by molar-refractivity contribution is 0.300. The first-order valence-electron chi connectivity index (χ1n) is 6.70. The molecule has 0 saturated heterocycles. The lowest BCUT2D eigenvalue weighted by Crippen LogP contribution is -2.08. The quantitative estimate of drug-likeness (QED) is 0.914. The summed E-state index contributed by atoms with van der Waals surface area (Å²) < 4.78 is 11.0. The molecular formula is C17H18N2O2. The van der Waals surface area contributed by atoms with E-state index in [2.05, 4.69) is 6.07 Å². The van der Waals surface area contributed by atoms with E-state index in [1.165, 1.54) is 0 Å². The highest BCUT2D eigenvalue weighted by molar-refractivity contribution is 5.45. The van der Waals surface area contributed by atoms with Crippen molar-refractivity contribution in [2.75, 3.05) is 7.11 Å². The highest BCUT2D eigenvalue weighted by Gasteiger charge is 2.08. The Labute approximate surface area is 124 Å². The zero-order valence-electron chi connectivity index (χ0n) is 12.2. The summed E-state index contributed by atoms with van der Waals surface area (Å²) in [5.41, 5.74) is 8.35. The summed E-state index contributed by atoms with van der Waals surface area (Å²) in [6.07, 6.45) is 0. The van der Waals surface area contributed by atoms with Gasteiger partial charge in [0.25, 0.3) is 0 Å². The van der Waals surface area contributed by atoms with E-state index in [1.54, 1.807) is 13.2 Å². The molecule has 21 heavy (non-hydrogen) atoms. The average molecular weight is 282 g/mol. The van der Waals surface area contributed by atoms with Crippen molar-refractivity contribution in [3.8, 4) is 17.6 Å². The van der Waals surface area contributed by atoms with Crippen LogP contribution in [0.5, 0.6) is 11.5 Å². The molecule has 0 aliphatic carbocycles. The number of para-hydroxylation sites is 1. The van der Waals surface area contributed by atoms with E-state index in [-0.39, 0.29) is 6.04 Å². The summed E-state index contributed by atoms with van der Waals surface area (Å²) in [4.78, 5) is 0. The number of hydrogen-bond acceptors (Lipinski definition) is 4. The van der Waals surface area contributed by atoms with E-state index >= 15 is 0 Å². The lowest BCUT2D eigenvalue weighted by atomic mass is 10.1. The maximum Gasteiger partial charge on any atom is 0.137 e. The van der Waals surface area contributed by atoms with E-state index in [0.29, 0.717) is 17.9 Å². The van der Waals surface area contributed by atoms with E-state index in [9.17, 15) is 0 Å². The van der Waals surface area contributed by atoms with Crippen LogP contribution in [0.15, 0.2) is 42.5 Å². The summed E-state index contributed by atoms with van der Waals surface area (Å²) in [6.45, 7) is 2.32. The Morgan fingerprint density at radius 2 is 1.95 bits per heavy atom. The first kappa shape index (κ1) is 14.9. The minimum absolute atomic E-state index is 0.0864. The summed E-state index contributed by atoms with van der Waals surface area (Å²) in [6, 6.07) is 15.1. The maximum atomic E-state index is 8.97. The molecule has 0 bridgehead atoms. The van der Waals surface area contributed by atoms with Crippen LogP contribution in [0.3, 0.4) is 0 Å². The number of rotatable bonds is 5. The Kier molecular flexibility index (Phi) is 4.81. The van der Waals surface area contributed by atoms with Gasteiger partial charge in [0.15, 0.2) is 0 Å². The van der Waals surface area contributed by atoms with Crippen molar-refractivity contribution < 1.29 is 9.47 Å². The van der Waals surface area contributed by atoms with Crippen molar-refractivity contribution in [1.82, 2.24) is 0 Å². The third kappa shape index (κ3) is 3.53. The fourth-order valence-corrected chi connectivity index (χ4v) is 2.07. The van der Waals surface area contributed by atoms with Gasteiger partial charge in [0.05, 0.1) is 12.7 Å². The van der Waals surface area contributed by atoms with Crippen LogP contribution < -0.4 is 15.2 Å². The molecule has 1 atom stereocenters. The van der Waals surface area contributed by atoms with Gasteiger partial charge in [0.2, 0.25) is 0 Å². The summed E-state index contributed by atoms with van der Waals surface area (Å²) >= 11 is 0. The molecule has 108 valence electrons. The smallest absolute Gasteiger partial charge is 0.137 e. The zero-order chi connectivity index (χ0) is 15.2. The molecule has 2 N–H and O–H groups in total. The van der Waals surface area contributed by atoms with Crippen LogP contribution >= 0.6 is 0 Å². The predicted molar refractivity (Wildman–Crippen MR) is 81.1 cm³/mol. The molecule has 0 aromatic heterocycles. The maximum absolute atomic E-state index is 8.97. The Morgan fingerprint density at radius 3 is 2.62 bits per heavy atom. The van der Waals surface area contributed by atoms with Crippen molar-refractivity contribution >= 4 is 0 Å². The van der Waals surface area contributed by atoms with Gasteiger partial charge >= 0.3 is 0 Å². The average Bonchev–Trinajstić information content (AvgIpc) is 2.52. The van der Waals surface area contributed by atoms with Crippen LogP contribution in [0.1, 0.15) is 29.7 Å². The van der Waals surface area contributed by atoms with Crippen LogP contribution in [0.25, 0.3) is 0 Å². The zero-order valence-corrected chi connectivity index (χ0v) is 12.2. The fourth-order valence-electron chi connectivity index (χ4n) is 2.07. The Morgan fingerprint density at radius 1 is 1.19 bits per heavy atom. The first-order valence-corrected chi connectivity index (χ1v) is 6.70. The largest absolute Gasteiger partial charge is 0.495 e. The molecule has 1 unspecified atom stereocenters. The van der Waals surface area contributed by atoms with Gasteiger partial charge in [-0.05, 0) is 30.7 Å². The van der Waals surface area contributed by atoms with Crippen LogP contribution in [-0.4, -0.2) is 7.11 Å². The van der Waals surface area contributed by atoms with Gasteiger partial charge in [-0.3, -0.25) is 0 Å². The molecule has 0 radical (unpaired) electrons. The van der Waals surface area contributed by atoms with Gasteiger partial charge in [0, 0.05) is 11.6 Å². The monoisotopic (exact) mass is 282 g/mol. The molecule has 4 heteroatoms. The second kappa shape index (κ2) is 6.78. The van der Waals surface area contributed by atoms with E-state index in [4.69, 9.17) is 20.5 Å². The van der Waals surface area contributed by atoms with Crippen LogP contribution in [0.2, 0.25) is 0 Å². The number of nitriles is 1. The van der Waals surface area contributed by atoms with Crippen LogP contribution in [-0.2, 0) is 6.61 Å². The van der Waals surface area contributed by atoms with Gasteiger partial charge < -0.3 is 15.2 Å². The number of nitrogens with zero attached hydrogens (tertiary/aromatic N) is 1. The van der Waals surface area contributed by atoms with Crippen molar-refractivity contribution in [1.29, 1.82) is 5.26 Å². The molecule has 0 amide bonds. The summed E-state index contributed by atoms with van der Waals surface area (Å²) in [5, 5.41) is 8.97. The van der Waals surface area contributed by atoms with Crippen molar-refractivity contribution in [3.63, 3.8) is 0 Å². The molecule has 4 nitrogen and oxygen atoms in total. The molecule has 0 heterocycles. The standard InChI is InChI=1S/C17H18N2O2/c1-12(19)15-5-3-4-6-16(15)21-11-13-7-8-14(10-18)17(9-13)20-2/h3-9,12H,11,19H2,1-2H3. The van der Waals surface area contributed by atoms with Gasteiger partial charge in [0.1, 0.15) is 24.2 Å². The topological polar surface area (TPSA) is 68.3 Å². The highest BCUT2D eigenvalue weighted by atomic mass is 16.5. The van der Waals surface area contributed by atoms with E-state index in [0.717, 1.165) is 16.9 Å². The highest BCUT2D eigenvalue weighted by Crippen LogP contribution is 2.25. The third-order valence-corrected chi connectivity index (χ3v) is 3.19. The SMILES string of the molecule is COc1cc(COc2ccccc2C(C)N)ccc1C#N. The van der Waals surface area contributed by atoms with E-state index in [1.807, 2.05) is 43.3 Å². The van der Waals surface area contributed by atoms with Gasteiger partial charge in [-0.2, -0.15) is 5.26 Å². The second-order valence-corrected chi connectivity index (χ2v) is 4.76.